The van der Waals surface area contributed by atoms with Crippen molar-refractivity contribution in [1.82, 2.24) is 9.03 Å². The van der Waals surface area contributed by atoms with Crippen LogP contribution >= 0.6 is 0 Å². The highest BCUT2D eigenvalue weighted by atomic mass is 32.2. The van der Waals surface area contributed by atoms with E-state index >= 15 is 0 Å². The van der Waals surface area contributed by atoms with E-state index in [1.807, 2.05) is 36.4 Å². The van der Waals surface area contributed by atoms with E-state index in [2.05, 4.69) is 49.9 Å². The summed E-state index contributed by atoms with van der Waals surface area (Å²) in [4.78, 5) is 12.7. The van der Waals surface area contributed by atoms with Crippen molar-refractivity contribution in [1.29, 1.82) is 0 Å². The monoisotopic (exact) mass is 443 g/mol. The molecule has 0 unspecified atom stereocenters. The molecule has 168 valence electrons. The van der Waals surface area contributed by atoms with Crippen LogP contribution in [-0.4, -0.2) is 31.8 Å². The van der Waals surface area contributed by atoms with E-state index in [9.17, 15) is 13.2 Å². The van der Waals surface area contributed by atoms with Gasteiger partial charge in [0.2, 0.25) is 0 Å². The van der Waals surface area contributed by atoms with Crippen LogP contribution in [0.25, 0.3) is 0 Å². The van der Waals surface area contributed by atoms with Gasteiger partial charge in [0.1, 0.15) is 0 Å². The van der Waals surface area contributed by atoms with Gasteiger partial charge in [-0.2, -0.15) is 12.7 Å². The molecule has 1 fully saturated rings. The van der Waals surface area contributed by atoms with Gasteiger partial charge in [0, 0.05) is 18.8 Å². The number of carbonyl (C=O) groups is 1. The molecule has 1 aliphatic rings. The first-order chi connectivity index (χ1) is 14.7. The third-order valence-electron chi connectivity index (χ3n) is 5.90. The molecule has 31 heavy (non-hydrogen) atoms. The summed E-state index contributed by atoms with van der Waals surface area (Å²) in [7, 11) is -3.90. The quantitative estimate of drug-likeness (QED) is 0.646. The van der Waals surface area contributed by atoms with Crippen LogP contribution in [0.3, 0.4) is 0 Å². The summed E-state index contributed by atoms with van der Waals surface area (Å²) in [6.07, 6.45) is 1.47. The molecular weight excluding hydrogens is 410 g/mol. The van der Waals surface area contributed by atoms with Gasteiger partial charge in [-0.05, 0) is 47.3 Å². The Balaban J connectivity index is 1.67. The third kappa shape index (κ3) is 5.66. The normalized spacial score (nSPS) is 15.9. The molecule has 1 heterocycles. The van der Waals surface area contributed by atoms with E-state index in [1.165, 1.54) is 9.87 Å². The van der Waals surface area contributed by atoms with Crippen LogP contribution in [0, 0.1) is 0 Å². The van der Waals surface area contributed by atoms with Crippen molar-refractivity contribution >= 4 is 21.9 Å². The molecule has 2 aromatic carbocycles. The zero-order valence-corrected chi connectivity index (χ0v) is 19.6. The maximum absolute atomic E-state index is 12.8. The highest BCUT2D eigenvalue weighted by Crippen LogP contribution is 2.32. The van der Waals surface area contributed by atoms with Crippen molar-refractivity contribution in [2.24, 2.45) is 0 Å². The van der Waals surface area contributed by atoms with E-state index < -0.39 is 16.2 Å². The van der Waals surface area contributed by atoms with Gasteiger partial charge in [0.15, 0.2) is 0 Å². The number of hydrogen-bond donors (Lipinski definition) is 2. The summed E-state index contributed by atoms with van der Waals surface area (Å²) >= 11 is 0. The van der Waals surface area contributed by atoms with Gasteiger partial charge < -0.3 is 5.32 Å². The van der Waals surface area contributed by atoms with Crippen LogP contribution in [0.4, 0.5) is 10.5 Å². The van der Waals surface area contributed by atoms with Gasteiger partial charge in [-0.3, -0.25) is 0 Å². The SMILES string of the molecule is CC(C)c1cccc(C(C)C)c1NC(=O)NS(=O)(=O)N1CCC(c2ccccc2)CC1. The summed E-state index contributed by atoms with van der Waals surface area (Å²) in [5, 5.41) is 2.82. The van der Waals surface area contributed by atoms with Crippen LogP contribution in [0.1, 0.15) is 75.0 Å². The Labute approximate surface area is 186 Å². The zero-order valence-electron chi connectivity index (χ0n) is 18.8. The second-order valence-corrected chi connectivity index (χ2v) is 10.4. The number of urea groups is 1. The number of anilines is 1. The molecule has 2 amide bonds. The summed E-state index contributed by atoms with van der Waals surface area (Å²) in [5.41, 5.74) is 3.91. The molecule has 0 atom stereocenters. The van der Waals surface area contributed by atoms with Gasteiger partial charge in [0.25, 0.3) is 0 Å². The Morgan fingerprint density at radius 2 is 1.45 bits per heavy atom. The minimum absolute atomic E-state index is 0.197. The van der Waals surface area contributed by atoms with E-state index in [4.69, 9.17) is 0 Å². The van der Waals surface area contributed by atoms with Gasteiger partial charge in [-0.25, -0.2) is 9.52 Å². The summed E-state index contributed by atoms with van der Waals surface area (Å²) in [5.74, 6) is 0.734. The van der Waals surface area contributed by atoms with Crippen molar-refractivity contribution in [3.8, 4) is 0 Å². The van der Waals surface area contributed by atoms with Crippen LogP contribution in [0.15, 0.2) is 48.5 Å². The number of nitrogens with zero attached hydrogens (tertiary/aromatic N) is 1. The molecular formula is C24H33N3O3S. The lowest BCUT2D eigenvalue weighted by atomic mass is 9.90. The van der Waals surface area contributed by atoms with E-state index in [1.54, 1.807) is 0 Å². The summed E-state index contributed by atoms with van der Waals surface area (Å²) in [6.45, 7) is 8.99. The Morgan fingerprint density at radius 1 is 0.903 bits per heavy atom. The number of carbonyl (C=O) groups excluding carboxylic acids is 1. The van der Waals surface area contributed by atoms with Crippen molar-refractivity contribution in [3.63, 3.8) is 0 Å². The van der Waals surface area contributed by atoms with Crippen LogP contribution in [0.5, 0.6) is 0 Å². The number of nitrogens with one attached hydrogen (secondary N) is 2. The van der Waals surface area contributed by atoms with Gasteiger partial charge in [0.05, 0.1) is 0 Å². The predicted molar refractivity (Wildman–Crippen MR) is 126 cm³/mol. The molecule has 0 radical (unpaired) electrons. The van der Waals surface area contributed by atoms with Crippen LogP contribution in [0.2, 0.25) is 0 Å². The lowest BCUT2D eigenvalue weighted by molar-refractivity contribution is 0.254. The fourth-order valence-corrected chi connectivity index (χ4v) is 5.28. The molecule has 2 aromatic rings. The average Bonchev–Trinajstić information content (AvgIpc) is 2.74. The van der Waals surface area contributed by atoms with Crippen LogP contribution < -0.4 is 10.0 Å². The molecule has 1 saturated heterocycles. The molecule has 0 saturated carbocycles. The van der Waals surface area contributed by atoms with Crippen molar-refractivity contribution in [2.45, 2.75) is 58.3 Å². The predicted octanol–water partition coefficient (Wildman–Crippen LogP) is 5.18. The number of para-hydroxylation sites is 1. The lowest BCUT2D eigenvalue weighted by Crippen LogP contribution is -2.47. The van der Waals surface area contributed by atoms with Crippen molar-refractivity contribution in [2.75, 3.05) is 18.4 Å². The molecule has 2 N–H and O–H groups in total. The molecule has 7 heteroatoms. The van der Waals surface area contributed by atoms with Gasteiger partial charge in [-0.15, -0.1) is 0 Å². The van der Waals surface area contributed by atoms with Crippen molar-refractivity contribution < 1.29 is 13.2 Å². The fraction of sp³-hybridized carbons (Fsp3) is 0.458. The number of rotatable bonds is 6. The van der Waals surface area contributed by atoms with Crippen molar-refractivity contribution in [3.05, 3.63) is 65.2 Å². The summed E-state index contributed by atoms with van der Waals surface area (Å²) in [6, 6.07) is 15.3. The molecule has 1 aliphatic heterocycles. The standard InChI is InChI=1S/C24H33N3O3S/c1-17(2)21-11-8-12-22(18(3)4)23(21)25-24(28)26-31(29,30)27-15-13-20(14-16-27)19-9-6-5-7-10-19/h5-12,17-18,20H,13-16H2,1-4H3,(H2,25,26,28). The number of benzene rings is 2. The third-order valence-corrected chi connectivity index (χ3v) is 7.39. The minimum atomic E-state index is -3.90. The number of hydrogen-bond acceptors (Lipinski definition) is 3. The number of amides is 2. The van der Waals surface area contributed by atoms with E-state index in [-0.39, 0.29) is 11.8 Å². The second kappa shape index (κ2) is 9.83. The lowest BCUT2D eigenvalue weighted by Gasteiger charge is -2.31. The summed E-state index contributed by atoms with van der Waals surface area (Å²) < 4.78 is 29.2. The Hall–Kier alpha value is -2.38. The zero-order chi connectivity index (χ0) is 22.6. The highest BCUT2D eigenvalue weighted by Gasteiger charge is 2.30. The topological polar surface area (TPSA) is 78.5 Å². The maximum atomic E-state index is 12.8. The van der Waals surface area contributed by atoms with Gasteiger partial charge in [-0.1, -0.05) is 76.2 Å². The first kappa shape index (κ1) is 23.3. The number of piperidine rings is 1. The van der Waals surface area contributed by atoms with Gasteiger partial charge >= 0.3 is 16.2 Å². The van der Waals surface area contributed by atoms with E-state index in [0.29, 0.717) is 24.7 Å². The molecule has 0 aliphatic carbocycles. The second-order valence-electron chi connectivity index (χ2n) is 8.77. The minimum Gasteiger partial charge on any atom is -0.307 e. The largest absolute Gasteiger partial charge is 0.333 e. The smallest absolute Gasteiger partial charge is 0.307 e. The van der Waals surface area contributed by atoms with Crippen LogP contribution in [-0.2, 0) is 10.2 Å². The first-order valence-electron chi connectivity index (χ1n) is 11.0. The molecule has 6 nitrogen and oxygen atoms in total. The average molecular weight is 444 g/mol. The molecule has 0 aromatic heterocycles. The highest BCUT2D eigenvalue weighted by molar-refractivity contribution is 7.87. The molecule has 0 bridgehead atoms. The Kier molecular flexibility index (Phi) is 7.38. The first-order valence-corrected chi connectivity index (χ1v) is 12.4. The maximum Gasteiger partial charge on any atom is 0.333 e. The Bertz CT molecular complexity index is 970. The Morgan fingerprint density at radius 3 is 1.97 bits per heavy atom. The molecule has 0 spiro atoms. The molecule has 3 rings (SSSR count). The fourth-order valence-electron chi connectivity index (χ4n) is 4.17. The van der Waals surface area contributed by atoms with E-state index in [0.717, 1.165) is 24.0 Å².